The Morgan fingerprint density at radius 2 is 1.71 bits per heavy atom. The van der Waals surface area contributed by atoms with Crippen LogP contribution in [0.2, 0.25) is 0 Å². The van der Waals surface area contributed by atoms with Gasteiger partial charge in [-0.15, -0.1) is 0 Å². The third kappa shape index (κ3) is 5.40. The van der Waals surface area contributed by atoms with Crippen LogP contribution in [-0.4, -0.2) is 55.3 Å². The molecule has 2 heterocycles. The number of hydrogen-bond donors (Lipinski definition) is 0. The Kier molecular flexibility index (Phi) is 6.55. The molecule has 0 saturated carbocycles. The summed E-state index contributed by atoms with van der Waals surface area (Å²) in [5, 5.41) is 0. The van der Waals surface area contributed by atoms with Gasteiger partial charge in [-0.25, -0.2) is 0 Å². The Hall–Kier alpha value is -2.09. The molecule has 0 unspecified atom stereocenters. The van der Waals surface area contributed by atoms with Crippen molar-refractivity contribution < 1.29 is 22.6 Å². The SMILES string of the molecule is COCCN1CCC2(CC1)CN(Cc1ccc(C(F)(F)F)cc1)Cc1ccccc1O2. The first kappa shape index (κ1) is 22.1. The van der Waals surface area contributed by atoms with Gasteiger partial charge in [0.1, 0.15) is 11.4 Å². The molecule has 1 saturated heterocycles. The van der Waals surface area contributed by atoms with Crippen molar-refractivity contribution in [3.63, 3.8) is 0 Å². The highest BCUT2D eigenvalue weighted by atomic mass is 19.4. The van der Waals surface area contributed by atoms with E-state index in [-0.39, 0.29) is 5.60 Å². The quantitative estimate of drug-likeness (QED) is 0.688. The number of rotatable bonds is 5. The molecule has 168 valence electrons. The Morgan fingerprint density at radius 3 is 2.39 bits per heavy atom. The highest BCUT2D eigenvalue weighted by molar-refractivity contribution is 5.35. The molecule has 0 amide bonds. The van der Waals surface area contributed by atoms with Crippen molar-refractivity contribution in [1.29, 1.82) is 0 Å². The van der Waals surface area contributed by atoms with Crippen LogP contribution >= 0.6 is 0 Å². The van der Waals surface area contributed by atoms with Crippen LogP contribution in [-0.2, 0) is 24.0 Å². The van der Waals surface area contributed by atoms with Gasteiger partial charge in [0, 0.05) is 64.8 Å². The van der Waals surface area contributed by atoms with E-state index < -0.39 is 11.7 Å². The van der Waals surface area contributed by atoms with E-state index in [2.05, 4.69) is 15.9 Å². The summed E-state index contributed by atoms with van der Waals surface area (Å²) >= 11 is 0. The summed E-state index contributed by atoms with van der Waals surface area (Å²) in [6, 6.07) is 13.6. The molecule has 0 bridgehead atoms. The van der Waals surface area contributed by atoms with E-state index in [9.17, 15) is 13.2 Å². The summed E-state index contributed by atoms with van der Waals surface area (Å²) in [6.45, 7) is 5.58. The molecule has 0 atom stereocenters. The van der Waals surface area contributed by atoms with E-state index in [1.54, 1.807) is 19.2 Å². The van der Waals surface area contributed by atoms with Crippen LogP contribution in [0.5, 0.6) is 5.75 Å². The number of hydrogen-bond acceptors (Lipinski definition) is 4. The Labute approximate surface area is 181 Å². The van der Waals surface area contributed by atoms with Crippen LogP contribution in [0.1, 0.15) is 29.5 Å². The van der Waals surface area contributed by atoms with Gasteiger partial charge < -0.3 is 14.4 Å². The second kappa shape index (κ2) is 9.18. The molecule has 4 rings (SSSR count). The summed E-state index contributed by atoms with van der Waals surface area (Å²) in [5.41, 5.74) is 1.09. The van der Waals surface area contributed by atoms with E-state index in [0.717, 1.165) is 62.5 Å². The van der Waals surface area contributed by atoms with E-state index in [4.69, 9.17) is 9.47 Å². The molecule has 2 aromatic rings. The Bertz CT molecular complexity index is 862. The van der Waals surface area contributed by atoms with Crippen molar-refractivity contribution in [2.75, 3.05) is 39.9 Å². The topological polar surface area (TPSA) is 24.9 Å². The van der Waals surface area contributed by atoms with Crippen molar-refractivity contribution >= 4 is 0 Å². The van der Waals surface area contributed by atoms with E-state index >= 15 is 0 Å². The number of halogens is 3. The van der Waals surface area contributed by atoms with Crippen LogP contribution in [0.25, 0.3) is 0 Å². The highest BCUT2D eigenvalue weighted by Gasteiger charge is 2.40. The molecular formula is C24H29F3N2O2. The zero-order chi connectivity index (χ0) is 21.9. The van der Waals surface area contributed by atoms with Gasteiger partial charge in [-0.2, -0.15) is 13.2 Å². The monoisotopic (exact) mass is 434 g/mol. The summed E-state index contributed by atoms with van der Waals surface area (Å²) in [6.07, 6.45) is -2.49. The standard InChI is InChI=1S/C24H29F3N2O2/c1-30-15-14-28-12-10-23(11-13-28)18-29(17-20-4-2-3-5-22(20)31-23)16-19-6-8-21(9-7-19)24(25,26)27/h2-9H,10-18H2,1H3. The van der Waals surface area contributed by atoms with E-state index in [1.165, 1.54) is 12.1 Å². The van der Waals surface area contributed by atoms with Crippen molar-refractivity contribution in [3.8, 4) is 5.75 Å². The lowest BCUT2D eigenvalue weighted by molar-refractivity contribution is -0.137. The Balaban J connectivity index is 1.51. The van der Waals surface area contributed by atoms with Gasteiger partial charge in [-0.05, 0) is 23.8 Å². The minimum absolute atomic E-state index is 0.290. The molecule has 4 nitrogen and oxygen atoms in total. The lowest BCUT2D eigenvalue weighted by Crippen LogP contribution is -2.53. The average Bonchev–Trinajstić information content (AvgIpc) is 2.89. The number of alkyl halides is 3. The van der Waals surface area contributed by atoms with Gasteiger partial charge >= 0.3 is 6.18 Å². The largest absolute Gasteiger partial charge is 0.486 e. The first-order valence-corrected chi connectivity index (χ1v) is 10.7. The number of fused-ring (bicyclic) bond motifs is 1. The third-order valence-corrected chi connectivity index (χ3v) is 6.27. The van der Waals surface area contributed by atoms with Crippen molar-refractivity contribution in [1.82, 2.24) is 9.80 Å². The minimum Gasteiger partial charge on any atom is -0.486 e. The van der Waals surface area contributed by atoms with Crippen LogP contribution < -0.4 is 4.74 Å². The maximum Gasteiger partial charge on any atom is 0.416 e. The van der Waals surface area contributed by atoms with E-state index in [1.807, 2.05) is 18.2 Å². The number of likely N-dealkylation sites (tertiary alicyclic amines) is 1. The predicted molar refractivity (Wildman–Crippen MR) is 113 cm³/mol. The summed E-state index contributed by atoms with van der Waals surface area (Å²) in [4.78, 5) is 4.70. The maximum atomic E-state index is 12.9. The van der Waals surface area contributed by atoms with Gasteiger partial charge in [0.05, 0.1) is 12.2 Å². The minimum atomic E-state index is -4.31. The molecule has 0 N–H and O–H groups in total. The Morgan fingerprint density at radius 1 is 1.00 bits per heavy atom. The van der Waals surface area contributed by atoms with Gasteiger partial charge in [-0.1, -0.05) is 30.3 Å². The molecule has 0 aromatic heterocycles. The fraction of sp³-hybridized carbons (Fsp3) is 0.500. The van der Waals surface area contributed by atoms with Gasteiger partial charge in [-0.3, -0.25) is 4.90 Å². The summed E-state index contributed by atoms with van der Waals surface area (Å²) in [7, 11) is 1.72. The number of nitrogens with zero attached hydrogens (tertiary/aromatic N) is 2. The zero-order valence-corrected chi connectivity index (χ0v) is 17.8. The van der Waals surface area contributed by atoms with Gasteiger partial charge in [0.25, 0.3) is 0 Å². The van der Waals surface area contributed by atoms with Gasteiger partial charge in [0.2, 0.25) is 0 Å². The lowest BCUT2D eigenvalue weighted by atomic mass is 9.90. The van der Waals surface area contributed by atoms with Crippen molar-refractivity contribution in [3.05, 3.63) is 65.2 Å². The lowest BCUT2D eigenvalue weighted by Gasteiger charge is -2.43. The molecule has 1 spiro atoms. The van der Waals surface area contributed by atoms with Gasteiger partial charge in [0.15, 0.2) is 0 Å². The molecule has 0 aliphatic carbocycles. The van der Waals surface area contributed by atoms with Crippen molar-refractivity contribution in [2.24, 2.45) is 0 Å². The molecular weight excluding hydrogens is 405 g/mol. The number of piperidine rings is 1. The summed E-state index contributed by atoms with van der Waals surface area (Å²) < 4.78 is 50.6. The highest BCUT2D eigenvalue weighted by Crippen LogP contribution is 2.36. The normalized spacial score (nSPS) is 19.6. The predicted octanol–water partition coefficient (Wildman–Crippen LogP) is 4.58. The van der Waals surface area contributed by atoms with Crippen LogP contribution in [0.4, 0.5) is 13.2 Å². The molecule has 2 aromatic carbocycles. The fourth-order valence-corrected chi connectivity index (χ4v) is 4.54. The van der Waals surface area contributed by atoms with Crippen LogP contribution in [0, 0.1) is 0 Å². The number of para-hydroxylation sites is 1. The second-order valence-corrected chi connectivity index (χ2v) is 8.57. The van der Waals surface area contributed by atoms with Crippen LogP contribution in [0.15, 0.2) is 48.5 Å². The molecule has 31 heavy (non-hydrogen) atoms. The van der Waals surface area contributed by atoms with Crippen LogP contribution in [0.3, 0.4) is 0 Å². The average molecular weight is 435 g/mol. The maximum absolute atomic E-state index is 12.9. The number of ether oxygens (including phenoxy) is 2. The number of benzene rings is 2. The smallest absolute Gasteiger partial charge is 0.416 e. The van der Waals surface area contributed by atoms with Crippen molar-refractivity contribution in [2.45, 2.75) is 37.7 Å². The second-order valence-electron chi connectivity index (χ2n) is 8.57. The first-order valence-electron chi connectivity index (χ1n) is 10.7. The third-order valence-electron chi connectivity index (χ3n) is 6.27. The summed E-state index contributed by atoms with van der Waals surface area (Å²) in [5.74, 6) is 0.919. The molecule has 2 aliphatic heterocycles. The molecule has 7 heteroatoms. The zero-order valence-electron chi connectivity index (χ0n) is 17.8. The first-order chi connectivity index (χ1) is 14.9. The fourth-order valence-electron chi connectivity index (χ4n) is 4.54. The van der Waals surface area contributed by atoms with E-state index in [0.29, 0.717) is 13.1 Å². The molecule has 0 radical (unpaired) electrons. The molecule has 2 aliphatic rings. The molecule has 1 fully saturated rings. The number of methoxy groups -OCH3 is 1.